The Balaban J connectivity index is 0.000000205. The number of aromatic nitrogens is 3. The molecule has 0 radical (unpaired) electrons. The third-order valence-electron chi connectivity index (χ3n) is 10.9. The lowest BCUT2D eigenvalue weighted by molar-refractivity contribution is 0.0858. The Bertz CT molecular complexity index is 2180. The summed E-state index contributed by atoms with van der Waals surface area (Å²) in [5.41, 5.74) is 6.07. The van der Waals surface area contributed by atoms with Crippen LogP contribution < -0.4 is 5.76 Å². The second kappa shape index (κ2) is 17.5. The Hall–Kier alpha value is -5.88. The topological polar surface area (TPSA) is 137 Å². The molecule has 0 bridgehead atoms. The van der Waals surface area contributed by atoms with E-state index in [-0.39, 0.29) is 23.9 Å². The number of para-hydroxylation sites is 4. The maximum Gasteiger partial charge on any atom is 0.420 e. The van der Waals surface area contributed by atoms with Gasteiger partial charge < -0.3 is 29.0 Å². The number of piperidine rings is 2. The third-order valence-corrected chi connectivity index (χ3v) is 10.9. The lowest BCUT2D eigenvalue weighted by Crippen LogP contribution is -2.46. The molecular weight excluding hydrogens is 697 g/mol. The van der Waals surface area contributed by atoms with Gasteiger partial charge in [0.1, 0.15) is 0 Å². The van der Waals surface area contributed by atoms with Crippen molar-refractivity contribution in [2.24, 2.45) is 0 Å². The molecule has 2 aliphatic heterocycles. The standard InChI is InChI=1S/C30H34N4O2.C13H14N2O4/c35-30(36)33-19-17-27(34-23-31-28-15-7-8-16-29(28)34)20-26(33)14-9-18-32(21-24-10-3-1-4-11-24)22-25-12-5-2-6-13-25;16-12(17)14-7-5-9(6-8-14)15-10-3-1-2-4-11(10)19-13(15)18/h1-8,10-13,15-16,23,26-27H,9,14,17-22H2,(H,35,36);1-4,9H,5-8H2,(H,16,17)/t26-,27?;/m0./s1. The number of imidazole rings is 1. The fraction of sp³-hybridized carbons (Fsp3) is 0.349. The molecule has 4 heterocycles. The van der Waals surface area contributed by atoms with Crippen LogP contribution in [-0.4, -0.2) is 83.4 Å². The van der Waals surface area contributed by atoms with Crippen LogP contribution >= 0.6 is 0 Å². The highest BCUT2D eigenvalue weighted by Crippen LogP contribution is 2.32. The van der Waals surface area contributed by atoms with Crippen LogP contribution in [0.5, 0.6) is 0 Å². The summed E-state index contributed by atoms with van der Waals surface area (Å²) in [7, 11) is 0. The van der Waals surface area contributed by atoms with Crippen LogP contribution in [-0.2, 0) is 13.1 Å². The van der Waals surface area contributed by atoms with E-state index in [0.29, 0.717) is 38.1 Å². The average Bonchev–Trinajstić information content (AvgIpc) is 3.79. The van der Waals surface area contributed by atoms with Gasteiger partial charge in [-0.15, -0.1) is 0 Å². The van der Waals surface area contributed by atoms with Crippen molar-refractivity contribution in [3.8, 4) is 0 Å². The van der Waals surface area contributed by atoms with Gasteiger partial charge in [0.2, 0.25) is 0 Å². The Morgan fingerprint density at radius 1 is 0.727 bits per heavy atom. The van der Waals surface area contributed by atoms with Crippen molar-refractivity contribution in [2.45, 2.75) is 69.7 Å². The van der Waals surface area contributed by atoms with Gasteiger partial charge in [0.15, 0.2) is 5.58 Å². The summed E-state index contributed by atoms with van der Waals surface area (Å²) in [5.74, 6) is -0.366. The molecule has 286 valence electrons. The van der Waals surface area contributed by atoms with Crippen LogP contribution in [0, 0.1) is 0 Å². The van der Waals surface area contributed by atoms with Gasteiger partial charge in [-0.2, -0.15) is 0 Å². The summed E-state index contributed by atoms with van der Waals surface area (Å²) in [6.07, 6.45) is 4.93. The van der Waals surface area contributed by atoms with E-state index in [4.69, 9.17) is 9.52 Å². The SMILES string of the molecule is O=C(O)N1CCC(n2c(=O)oc3ccccc32)CC1.O=C(O)N1CCC(n2cnc3ccccc32)C[C@@H]1CCCN(Cc1ccccc1)Cc1ccccc1. The Morgan fingerprint density at radius 3 is 1.98 bits per heavy atom. The molecule has 2 aliphatic rings. The van der Waals surface area contributed by atoms with Crippen LogP contribution in [0.4, 0.5) is 9.59 Å². The van der Waals surface area contributed by atoms with Crippen molar-refractivity contribution in [1.82, 2.24) is 28.8 Å². The molecule has 2 amide bonds. The maximum absolute atomic E-state index is 12.0. The number of carbonyl (C=O) groups is 2. The second-order valence-electron chi connectivity index (χ2n) is 14.5. The lowest BCUT2D eigenvalue weighted by Gasteiger charge is -2.39. The minimum absolute atomic E-state index is 0.00625. The zero-order valence-electron chi connectivity index (χ0n) is 30.9. The number of amides is 2. The fourth-order valence-electron chi connectivity index (χ4n) is 8.17. The van der Waals surface area contributed by atoms with Crippen molar-refractivity contribution >= 4 is 34.3 Å². The summed E-state index contributed by atoms with van der Waals surface area (Å²) in [6.45, 7) is 4.15. The number of hydrogen-bond acceptors (Lipinski definition) is 6. The molecule has 2 atom stereocenters. The van der Waals surface area contributed by atoms with Crippen LogP contribution in [0.25, 0.3) is 22.1 Å². The van der Waals surface area contributed by atoms with Crippen LogP contribution in [0.3, 0.4) is 0 Å². The first-order chi connectivity index (χ1) is 26.8. The van der Waals surface area contributed by atoms with E-state index >= 15 is 0 Å². The Morgan fingerprint density at radius 2 is 1.33 bits per heavy atom. The first kappa shape index (κ1) is 37.4. The molecule has 0 saturated carbocycles. The van der Waals surface area contributed by atoms with E-state index in [0.717, 1.165) is 61.9 Å². The highest BCUT2D eigenvalue weighted by Gasteiger charge is 2.33. The molecule has 0 aliphatic carbocycles. The normalized spacial score (nSPS) is 17.7. The fourth-order valence-corrected chi connectivity index (χ4v) is 8.17. The number of likely N-dealkylation sites (tertiary alicyclic amines) is 2. The molecule has 12 nitrogen and oxygen atoms in total. The van der Waals surface area contributed by atoms with Gasteiger partial charge in [0, 0.05) is 50.8 Å². The quantitative estimate of drug-likeness (QED) is 0.144. The van der Waals surface area contributed by atoms with Crippen molar-refractivity contribution < 1.29 is 24.2 Å². The van der Waals surface area contributed by atoms with Gasteiger partial charge in [-0.3, -0.25) is 9.47 Å². The molecule has 2 N–H and O–H groups in total. The highest BCUT2D eigenvalue weighted by molar-refractivity contribution is 5.75. The van der Waals surface area contributed by atoms with E-state index in [1.807, 2.05) is 42.7 Å². The number of carboxylic acid groups (broad SMARTS) is 2. The zero-order chi connectivity index (χ0) is 38.1. The first-order valence-electron chi connectivity index (χ1n) is 19.1. The maximum atomic E-state index is 12.0. The van der Waals surface area contributed by atoms with Crippen LogP contribution in [0.1, 0.15) is 61.7 Å². The number of hydrogen-bond donors (Lipinski definition) is 2. The largest absolute Gasteiger partial charge is 0.465 e. The zero-order valence-corrected chi connectivity index (χ0v) is 30.9. The molecule has 55 heavy (non-hydrogen) atoms. The molecule has 2 fully saturated rings. The molecular formula is C43H48N6O6. The summed E-state index contributed by atoms with van der Waals surface area (Å²) in [4.78, 5) is 44.9. The van der Waals surface area contributed by atoms with E-state index in [9.17, 15) is 19.5 Å². The van der Waals surface area contributed by atoms with E-state index in [1.54, 1.807) is 15.5 Å². The average molecular weight is 745 g/mol. The smallest absolute Gasteiger partial charge is 0.420 e. The third kappa shape index (κ3) is 9.09. The predicted molar refractivity (Wildman–Crippen MR) is 211 cm³/mol. The van der Waals surface area contributed by atoms with Crippen molar-refractivity contribution in [3.63, 3.8) is 0 Å². The molecule has 4 aromatic carbocycles. The monoisotopic (exact) mass is 744 g/mol. The first-order valence-corrected chi connectivity index (χ1v) is 19.1. The van der Waals surface area contributed by atoms with Crippen molar-refractivity contribution in [2.75, 3.05) is 26.2 Å². The van der Waals surface area contributed by atoms with Gasteiger partial charge in [0.25, 0.3) is 0 Å². The van der Waals surface area contributed by atoms with Gasteiger partial charge >= 0.3 is 17.9 Å². The van der Waals surface area contributed by atoms with Gasteiger partial charge in [-0.05, 0) is 80.5 Å². The molecule has 6 aromatic rings. The highest BCUT2D eigenvalue weighted by atomic mass is 16.4. The molecule has 2 aromatic heterocycles. The van der Waals surface area contributed by atoms with E-state index < -0.39 is 12.2 Å². The second-order valence-corrected chi connectivity index (χ2v) is 14.5. The van der Waals surface area contributed by atoms with E-state index in [1.165, 1.54) is 16.0 Å². The van der Waals surface area contributed by atoms with Crippen LogP contribution in [0.2, 0.25) is 0 Å². The molecule has 8 rings (SSSR count). The Labute approximate surface area is 319 Å². The van der Waals surface area contributed by atoms with Crippen LogP contribution in [0.15, 0.2) is 125 Å². The summed E-state index contributed by atoms with van der Waals surface area (Å²) < 4.78 is 9.10. The van der Waals surface area contributed by atoms with Gasteiger partial charge in [-0.25, -0.2) is 19.4 Å². The Kier molecular flexibility index (Phi) is 11.9. The van der Waals surface area contributed by atoms with Gasteiger partial charge in [0.05, 0.1) is 22.9 Å². The number of oxazole rings is 1. The summed E-state index contributed by atoms with van der Waals surface area (Å²) in [6, 6.07) is 36.9. The van der Waals surface area contributed by atoms with Crippen molar-refractivity contribution in [1.29, 1.82) is 0 Å². The molecule has 0 spiro atoms. The van der Waals surface area contributed by atoms with E-state index in [2.05, 4.69) is 81.2 Å². The number of benzene rings is 4. The minimum atomic E-state index is -0.900. The van der Waals surface area contributed by atoms with Gasteiger partial charge in [-0.1, -0.05) is 84.9 Å². The lowest BCUT2D eigenvalue weighted by atomic mass is 9.93. The number of fused-ring (bicyclic) bond motifs is 2. The van der Waals surface area contributed by atoms with Crippen molar-refractivity contribution in [3.05, 3.63) is 137 Å². The molecule has 2 saturated heterocycles. The minimum Gasteiger partial charge on any atom is -0.465 e. The number of nitrogens with zero attached hydrogens (tertiary/aromatic N) is 6. The molecule has 12 heteroatoms. The summed E-state index contributed by atoms with van der Waals surface area (Å²) >= 11 is 0. The predicted octanol–water partition coefficient (Wildman–Crippen LogP) is 8.11. The summed E-state index contributed by atoms with van der Waals surface area (Å²) in [5, 5.41) is 18.8. The molecule has 1 unspecified atom stereocenters. The number of rotatable bonds is 10.